The summed E-state index contributed by atoms with van der Waals surface area (Å²) in [6, 6.07) is 4.62. The lowest BCUT2D eigenvalue weighted by atomic mass is 10.3. The van der Waals surface area contributed by atoms with Gasteiger partial charge in [-0.1, -0.05) is 6.07 Å². The standard InChI is InChI=1S/C11H17N3OS/c1-9(10-3-2-8-16-10)12-4-6-14-7-5-13-11(14)15/h2-3,8-9,12H,4-7H2,1H3,(H,13,15)/t9-/m1/s1. The molecule has 1 aliphatic heterocycles. The number of urea groups is 1. The van der Waals surface area contributed by atoms with Crippen LogP contribution in [0.1, 0.15) is 17.8 Å². The van der Waals surface area contributed by atoms with E-state index in [0.717, 1.165) is 26.2 Å². The van der Waals surface area contributed by atoms with Crippen LogP contribution in [0.3, 0.4) is 0 Å². The molecule has 0 bridgehead atoms. The van der Waals surface area contributed by atoms with Gasteiger partial charge in [0.25, 0.3) is 0 Å². The van der Waals surface area contributed by atoms with Crippen LogP contribution in [0.25, 0.3) is 0 Å². The van der Waals surface area contributed by atoms with Crippen LogP contribution in [0, 0.1) is 0 Å². The molecule has 0 aromatic carbocycles. The lowest BCUT2D eigenvalue weighted by Gasteiger charge is -2.17. The Morgan fingerprint density at radius 3 is 3.19 bits per heavy atom. The first kappa shape index (κ1) is 11.4. The fourth-order valence-corrected chi connectivity index (χ4v) is 2.54. The molecule has 2 N–H and O–H groups in total. The molecule has 0 radical (unpaired) electrons. The number of nitrogens with zero attached hydrogens (tertiary/aromatic N) is 1. The third kappa shape index (κ3) is 2.74. The van der Waals surface area contributed by atoms with Crippen molar-refractivity contribution in [1.82, 2.24) is 15.5 Å². The number of carbonyl (C=O) groups is 1. The van der Waals surface area contributed by atoms with Crippen molar-refractivity contribution in [2.75, 3.05) is 26.2 Å². The molecule has 1 saturated heterocycles. The third-order valence-corrected chi connectivity index (χ3v) is 3.80. The second-order valence-corrected chi connectivity index (χ2v) is 4.89. The number of hydrogen-bond acceptors (Lipinski definition) is 3. The smallest absolute Gasteiger partial charge is 0.317 e. The molecule has 1 aromatic rings. The molecule has 2 rings (SSSR count). The summed E-state index contributed by atoms with van der Waals surface area (Å²) in [7, 11) is 0. The fraction of sp³-hybridized carbons (Fsp3) is 0.545. The molecule has 2 heterocycles. The zero-order chi connectivity index (χ0) is 11.4. The molecule has 88 valence electrons. The lowest BCUT2D eigenvalue weighted by Crippen LogP contribution is -2.35. The Kier molecular flexibility index (Phi) is 3.79. The van der Waals surface area contributed by atoms with Crippen LogP contribution < -0.4 is 10.6 Å². The van der Waals surface area contributed by atoms with Gasteiger partial charge in [-0.15, -0.1) is 11.3 Å². The number of nitrogens with one attached hydrogen (secondary N) is 2. The molecule has 5 heteroatoms. The van der Waals surface area contributed by atoms with Gasteiger partial charge in [-0.05, 0) is 18.4 Å². The second kappa shape index (κ2) is 5.32. The Morgan fingerprint density at radius 1 is 1.69 bits per heavy atom. The Hall–Kier alpha value is -1.07. The van der Waals surface area contributed by atoms with Gasteiger partial charge >= 0.3 is 6.03 Å². The summed E-state index contributed by atoms with van der Waals surface area (Å²) in [4.78, 5) is 14.4. The van der Waals surface area contributed by atoms with Crippen LogP contribution in [-0.2, 0) is 0 Å². The van der Waals surface area contributed by atoms with Crippen molar-refractivity contribution in [3.05, 3.63) is 22.4 Å². The summed E-state index contributed by atoms with van der Waals surface area (Å²) in [5, 5.41) is 8.30. The van der Waals surface area contributed by atoms with Gasteiger partial charge in [-0.25, -0.2) is 4.79 Å². The number of thiophene rings is 1. The van der Waals surface area contributed by atoms with Crippen molar-refractivity contribution in [1.29, 1.82) is 0 Å². The van der Waals surface area contributed by atoms with Crippen molar-refractivity contribution in [2.24, 2.45) is 0 Å². The van der Waals surface area contributed by atoms with E-state index >= 15 is 0 Å². The highest BCUT2D eigenvalue weighted by Crippen LogP contribution is 2.17. The number of carbonyl (C=O) groups excluding carboxylic acids is 1. The average molecular weight is 239 g/mol. The van der Waals surface area contributed by atoms with Gasteiger partial charge in [0.15, 0.2) is 0 Å². The Labute approximate surface area is 99.6 Å². The number of rotatable bonds is 5. The van der Waals surface area contributed by atoms with E-state index in [0.29, 0.717) is 6.04 Å². The molecule has 4 nitrogen and oxygen atoms in total. The first-order valence-electron chi connectivity index (χ1n) is 5.57. The Balaban J connectivity index is 1.70. The van der Waals surface area contributed by atoms with Crippen molar-refractivity contribution in [2.45, 2.75) is 13.0 Å². The monoisotopic (exact) mass is 239 g/mol. The predicted octanol–water partition coefficient (Wildman–Crippen LogP) is 1.42. The largest absolute Gasteiger partial charge is 0.336 e. The van der Waals surface area contributed by atoms with E-state index in [-0.39, 0.29) is 6.03 Å². The highest BCUT2D eigenvalue weighted by atomic mass is 32.1. The van der Waals surface area contributed by atoms with E-state index in [2.05, 4.69) is 35.1 Å². The fourth-order valence-electron chi connectivity index (χ4n) is 1.78. The molecule has 1 fully saturated rings. The molecular formula is C11H17N3OS. The molecule has 2 amide bonds. The highest BCUT2D eigenvalue weighted by Gasteiger charge is 2.18. The van der Waals surface area contributed by atoms with Gasteiger partial charge in [-0.3, -0.25) is 0 Å². The van der Waals surface area contributed by atoms with E-state index < -0.39 is 0 Å². The maximum atomic E-state index is 11.3. The van der Waals surface area contributed by atoms with E-state index in [1.54, 1.807) is 11.3 Å². The second-order valence-electron chi connectivity index (χ2n) is 3.91. The molecule has 1 aromatic heterocycles. The summed E-state index contributed by atoms with van der Waals surface area (Å²) in [5.41, 5.74) is 0. The molecule has 1 aliphatic rings. The van der Waals surface area contributed by atoms with Gasteiger partial charge in [0.05, 0.1) is 0 Å². The zero-order valence-corrected chi connectivity index (χ0v) is 10.2. The quantitative estimate of drug-likeness (QED) is 0.816. The van der Waals surface area contributed by atoms with Crippen molar-refractivity contribution >= 4 is 17.4 Å². The Bertz CT molecular complexity index is 339. The molecule has 0 saturated carbocycles. The lowest BCUT2D eigenvalue weighted by molar-refractivity contribution is 0.217. The highest BCUT2D eigenvalue weighted by molar-refractivity contribution is 7.10. The first-order valence-corrected chi connectivity index (χ1v) is 6.45. The van der Waals surface area contributed by atoms with Crippen LogP contribution in [0.4, 0.5) is 4.79 Å². The van der Waals surface area contributed by atoms with Crippen LogP contribution in [0.15, 0.2) is 17.5 Å². The minimum atomic E-state index is 0.0607. The molecule has 0 aliphatic carbocycles. The molecular weight excluding hydrogens is 222 g/mol. The van der Waals surface area contributed by atoms with Gasteiger partial charge in [-0.2, -0.15) is 0 Å². The van der Waals surface area contributed by atoms with Crippen molar-refractivity contribution < 1.29 is 4.79 Å². The topological polar surface area (TPSA) is 44.4 Å². The van der Waals surface area contributed by atoms with E-state index in [1.807, 2.05) is 4.90 Å². The third-order valence-electron chi connectivity index (χ3n) is 2.75. The summed E-state index contributed by atoms with van der Waals surface area (Å²) < 4.78 is 0. The zero-order valence-electron chi connectivity index (χ0n) is 9.40. The summed E-state index contributed by atoms with van der Waals surface area (Å²) >= 11 is 1.76. The first-order chi connectivity index (χ1) is 7.77. The summed E-state index contributed by atoms with van der Waals surface area (Å²) in [6.45, 7) is 5.37. The molecule has 0 spiro atoms. The maximum absolute atomic E-state index is 11.3. The minimum Gasteiger partial charge on any atom is -0.336 e. The molecule has 1 atom stereocenters. The summed E-state index contributed by atoms with van der Waals surface area (Å²) in [5.74, 6) is 0. The number of hydrogen-bond donors (Lipinski definition) is 2. The van der Waals surface area contributed by atoms with E-state index in [9.17, 15) is 4.79 Å². The van der Waals surface area contributed by atoms with Gasteiger partial charge in [0, 0.05) is 37.1 Å². The maximum Gasteiger partial charge on any atom is 0.317 e. The number of amides is 2. The molecule has 16 heavy (non-hydrogen) atoms. The van der Waals surface area contributed by atoms with Gasteiger partial charge in [0.1, 0.15) is 0 Å². The van der Waals surface area contributed by atoms with Crippen LogP contribution in [0.5, 0.6) is 0 Å². The average Bonchev–Trinajstić information content (AvgIpc) is 2.90. The van der Waals surface area contributed by atoms with E-state index in [4.69, 9.17) is 0 Å². The van der Waals surface area contributed by atoms with Crippen LogP contribution in [-0.4, -0.2) is 37.1 Å². The predicted molar refractivity (Wildman–Crippen MR) is 65.7 cm³/mol. The molecule has 0 unspecified atom stereocenters. The van der Waals surface area contributed by atoms with Gasteiger partial charge < -0.3 is 15.5 Å². The van der Waals surface area contributed by atoms with Gasteiger partial charge in [0.2, 0.25) is 0 Å². The van der Waals surface area contributed by atoms with Crippen LogP contribution in [0.2, 0.25) is 0 Å². The minimum absolute atomic E-state index is 0.0607. The van der Waals surface area contributed by atoms with E-state index in [1.165, 1.54) is 4.88 Å². The van der Waals surface area contributed by atoms with Crippen molar-refractivity contribution in [3.63, 3.8) is 0 Å². The Morgan fingerprint density at radius 2 is 2.56 bits per heavy atom. The summed E-state index contributed by atoms with van der Waals surface area (Å²) in [6.07, 6.45) is 0. The van der Waals surface area contributed by atoms with Crippen molar-refractivity contribution in [3.8, 4) is 0 Å². The van der Waals surface area contributed by atoms with Crippen LogP contribution >= 0.6 is 11.3 Å². The SMILES string of the molecule is C[C@@H](NCCN1CCNC1=O)c1cccs1. The normalized spacial score (nSPS) is 17.6.